The van der Waals surface area contributed by atoms with Crippen LogP contribution in [0.15, 0.2) is 0 Å². The first-order chi connectivity index (χ1) is 4.81. The summed E-state index contributed by atoms with van der Waals surface area (Å²) in [4.78, 5) is 10.7. The minimum Gasteiger partial charge on any atom is -0.385 e. The second-order valence-electron chi connectivity index (χ2n) is 1.89. The standard InChI is InChI=1S/C6H14N2O2/c1-7-8-6(9)4-3-5-10-2/h7H,3-5H2,1-2H3,(H,8,9). The number of hydrogen-bond donors (Lipinski definition) is 2. The number of hydrazine groups is 1. The van der Waals surface area contributed by atoms with E-state index in [0.717, 1.165) is 6.42 Å². The summed E-state index contributed by atoms with van der Waals surface area (Å²) in [7, 11) is 3.28. The summed E-state index contributed by atoms with van der Waals surface area (Å²) in [6.07, 6.45) is 1.28. The van der Waals surface area contributed by atoms with Crippen molar-refractivity contribution in [2.24, 2.45) is 0 Å². The number of nitrogens with one attached hydrogen (secondary N) is 2. The molecule has 0 heterocycles. The third-order valence-electron chi connectivity index (χ3n) is 1.02. The highest BCUT2D eigenvalue weighted by Crippen LogP contribution is 1.87. The van der Waals surface area contributed by atoms with E-state index in [1.165, 1.54) is 0 Å². The van der Waals surface area contributed by atoms with Gasteiger partial charge in [0.25, 0.3) is 0 Å². The van der Waals surface area contributed by atoms with Crippen LogP contribution in [0.25, 0.3) is 0 Å². The number of methoxy groups -OCH3 is 1. The Morgan fingerprint density at radius 3 is 2.80 bits per heavy atom. The fraction of sp³-hybridized carbons (Fsp3) is 0.833. The summed E-state index contributed by atoms with van der Waals surface area (Å²) in [6.45, 7) is 0.636. The number of amides is 1. The van der Waals surface area contributed by atoms with Gasteiger partial charge < -0.3 is 4.74 Å². The van der Waals surface area contributed by atoms with Crippen molar-refractivity contribution in [3.05, 3.63) is 0 Å². The molecule has 0 aliphatic rings. The van der Waals surface area contributed by atoms with E-state index in [1.54, 1.807) is 14.2 Å². The number of carbonyl (C=O) groups is 1. The molecular weight excluding hydrogens is 132 g/mol. The molecule has 0 rings (SSSR count). The van der Waals surface area contributed by atoms with Crippen LogP contribution in [0.4, 0.5) is 0 Å². The SMILES string of the molecule is CNNC(=O)CCCOC. The van der Waals surface area contributed by atoms with E-state index in [9.17, 15) is 4.79 Å². The monoisotopic (exact) mass is 146 g/mol. The Kier molecular flexibility index (Phi) is 6.11. The summed E-state index contributed by atoms with van der Waals surface area (Å²) in [6, 6.07) is 0. The first kappa shape index (κ1) is 9.39. The minimum absolute atomic E-state index is 0.000417. The molecule has 0 atom stereocenters. The summed E-state index contributed by atoms with van der Waals surface area (Å²) in [5.74, 6) is -0.000417. The van der Waals surface area contributed by atoms with E-state index < -0.39 is 0 Å². The lowest BCUT2D eigenvalue weighted by molar-refractivity contribution is -0.122. The number of ether oxygens (including phenoxy) is 1. The maximum atomic E-state index is 10.7. The van der Waals surface area contributed by atoms with Gasteiger partial charge in [0, 0.05) is 27.2 Å². The van der Waals surface area contributed by atoms with Crippen molar-refractivity contribution in [2.45, 2.75) is 12.8 Å². The van der Waals surface area contributed by atoms with Gasteiger partial charge in [0.1, 0.15) is 0 Å². The first-order valence-electron chi connectivity index (χ1n) is 3.25. The average Bonchev–Trinajstić information content (AvgIpc) is 1.89. The Hall–Kier alpha value is -0.610. The van der Waals surface area contributed by atoms with Gasteiger partial charge in [-0.15, -0.1) is 0 Å². The van der Waals surface area contributed by atoms with Crippen LogP contribution in [0.2, 0.25) is 0 Å². The molecule has 0 spiro atoms. The van der Waals surface area contributed by atoms with Crippen LogP contribution in [-0.2, 0) is 9.53 Å². The quantitative estimate of drug-likeness (QED) is 0.412. The Morgan fingerprint density at radius 2 is 2.30 bits per heavy atom. The van der Waals surface area contributed by atoms with Crippen LogP contribution in [0.5, 0.6) is 0 Å². The van der Waals surface area contributed by atoms with Gasteiger partial charge in [0.15, 0.2) is 0 Å². The first-order valence-corrected chi connectivity index (χ1v) is 3.25. The summed E-state index contributed by atoms with van der Waals surface area (Å²) < 4.78 is 4.77. The lowest BCUT2D eigenvalue weighted by Crippen LogP contribution is -2.33. The van der Waals surface area contributed by atoms with E-state index >= 15 is 0 Å². The smallest absolute Gasteiger partial charge is 0.234 e. The van der Waals surface area contributed by atoms with E-state index in [1.807, 2.05) is 0 Å². The minimum atomic E-state index is -0.000417. The van der Waals surface area contributed by atoms with Crippen LogP contribution in [0, 0.1) is 0 Å². The van der Waals surface area contributed by atoms with Gasteiger partial charge >= 0.3 is 0 Å². The van der Waals surface area contributed by atoms with Crippen molar-refractivity contribution in [3.8, 4) is 0 Å². The van der Waals surface area contributed by atoms with Gasteiger partial charge in [0.2, 0.25) is 5.91 Å². The molecule has 4 heteroatoms. The normalized spacial score (nSPS) is 9.40. The van der Waals surface area contributed by atoms with Gasteiger partial charge in [-0.25, -0.2) is 5.43 Å². The van der Waals surface area contributed by atoms with Gasteiger partial charge in [-0.05, 0) is 6.42 Å². The van der Waals surface area contributed by atoms with Crippen LogP contribution in [0.3, 0.4) is 0 Å². The van der Waals surface area contributed by atoms with Crippen molar-refractivity contribution in [3.63, 3.8) is 0 Å². The van der Waals surface area contributed by atoms with Gasteiger partial charge in [-0.3, -0.25) is 10.2 Å². The molecule has 0 saturated heterocycles. The highest BCUT2D eigenvalue weighted by molar-refractivity contribution is 5.75. The Bertz CT molecular complexity index is 95.7. The average molecular weight is 146 g/mol. The van der Waals surface area contributed by atoms with Crippen molar-refractivity contribution in [2.75, 3.05) is 20.8 Å². The Morgan fingerprint density at radius 1 is 1.60 bits per heavy atom. The molecule has 0 radical (unpaired) electrons. The molecule has 4 nitrogen and oxygen atoms in total. The molecule has 60 valence electrons. The molecule has 10 heavy (non-hydrogen) atoms. The fourth-order valence-electron chi connectivity index (χ4n) is 0.579. The van der Waals surface area contributed by atoms with Gasteiger partial charge in [-0.1, -0.05) is 0 Å². The third kappa shape index (κ3) is 5.53. The second kappa shape index (κ2) is 6.51. The van der Waals surface area contributed by atoms with Crippen molar-refractivity contribution in [1.82, 2.24) is 10.9 Å². The lowest BCUT2D eigenvalue weighted by Gasteiger charge is -2.00. The molecule has 0 aromatic carbocycles. The maximum absolute atomic E-state index is 10.7. The number of rotatable bonds is 5. The summed E-state index contributed by atoms with van der Waals surface area (Å²) >= 11 is 0. The fourth-order valence-corrected chi connectivity index (χ4v) is 0.579. The lowest BCUT2D eigenvalue weighted by atomic mass is 10.3. The van der Waals surface area contributed by atoms with E-state index in [-0.39, 0.29) is 5.91 Å². The van der Waals surface area contributed by atoms with E-state index in [4.69, 9.17) is 4.74 Å². The predicted octanol–water partition coefficient (Wildman–Crippen LogP) is -0.336. The van der Waals surface area contributed by atoms with Crippen molar-refractivity contribution >= 4 is 5.91 Å². The number of hydrogen-bond acceptors (Lipinski definition) is 3. The van der Waals surface area contributed by atoms with Crippen LogP contribution < -0.4 is 10.9 Å². The van der Waals surface area contributed by atoms with E-state index in [0.29, 0.717) is 13.0 Å². The van der Waals surface area contributed by atoms with Gasteiger partial charge in [-0.2, -0.15) is 0 Å². The Labute approximate surface area is 60.9 Å². The highest BCUT2D eigenvalue weighted by atomic mass is 16.5. The topological polar surface area (TPSA) is 50.4 Å². The number of carbonyl (C=O) groups excluding carboxylic acids is 1. The van der Waals surface area contributed by atoms with Crippen LogP contribution in [-0.4, -0.2) is 26.7 Å². The zero-order chi connectivity index (χ0) is 7.82. The third-order valence-corrected chi connectivity index (χ3v) is 1.02. The molecule has 0 aliphatic heterocycles. The maximum Gasteiger partial charge on any atom is 0.234 e. The van der Waals surface area contributed by atoms with Crippen LogP contribution >= 0.6 is 0 Å². The van der Waals surface area contributed by atoms with Gasteiger partial charge in [0.05, 0.1) is 0 Å². The molecular formula is C6H14N2O2. The van der Waals surface area contributed by atoms with Crippen LogP contribution in [0.1, 0.15) is 12.8 Å². The molecule has 0 fully saturated rings. The molecule has 0 aromatic rings. The molecule has 0 aliphatic carbocycles. The molecule has 1 amide bonds. The predicted molar refractivity (Wildman–Crippen MR) is 38.3 cm³/mol. The highest BCUT2D eigenvalue weighted by Gasteiger charge is 1.96. The van der Waals surface area contributed by atoms with Crippen molar-refractivity contribution < 1.29 is 9.53 Å². The molecule has 0 bridgehead atoms. The molecule has 2 N–H and O–H groups in total. The zero-order valence-corrected chi connectivity index (χ0v) is 6.44. The van der Waals surface area contributed by atoms with Crippen molar-refractivity contribution in [1.29, 1.82) is 0 Å². The molecule has 0 aromatic heterocycles. The summed E-state index contributed by atoms with van der Waals surface area (Å²) in [5, 5.41) is 0. The summed E-state index contributed by atoms with van der Waals surface area (Å²) in [5.41, 5.74) is 5.01. The molecule has 0 saturated carbocycles. The van der Waals surface area contributed by atoms with E-state index in [2.05, 4.69) is 10.9 Å². The zero-order valence-electron chi connectivity index (χ0n) is 6.44. The second-order valence-corrected chi connectivity index (χ2v) is 1.89. The Balaban J connectivity index is 3.05. The molecule has 0 unspecified atom stereocenters. The largest absolute Gasteiger partial charge is 0.385 e.